The molecule has 0 radical (unpaired) electrons. The lowest BCUT2D eigenvalue weighted by Crippen LogP contribution is -2.44. The molecule has 1 aliphatic heterocycles. The number of pyridine rings is 1. The first-order chi connectivity index (χ1) is 12.3. The van der Waals surface area contributed by atoms with Gasteiger partial charge >= 0.3 is 0 Å². The highest BCUT2D eigenvalue weighted by molar-refractivity contribution is 6.08. The number of carbonyl (C=O) groups is 1. The fraction of sp³-hybridized carbons (Fsp3) is 0.444. The SMILES string of the molecule is O=C(NC1CC1)C1CCCN(c2nc[nH]c3cnc4nccc4c23)C1. The van der Waals surface area contributed by atoms with Crippen LogP contribution in [0.15, 0.2) is 24.8 Å². The van der Waals surface area contributed by atoms with Crippen molar-refractivity contribution in [2.24, 2.45) is 5.92 Å². The lowest BCUT2D eigenvalue weighted by atomic mass is 9.96. The summed E-state index contributed by atoms with van der Waals surface area (Å²) in [5, 5.41) is 5.18. The maximum Gasteiger partial charge on any atom is 0.225 e. The summed E-state index contributed by atoms with van der Waals surface area (Å²) in [6.07, 6.45) is 9.47. The Balaban J connectivity index is 1.51. The molecule has 25 heavy (non-hydrogen) atoms. The lowest BCUT2D eigenvalue weighted by molar-refractivity contribution is -0.125. The van der Waals surface area contributed by atoms with Crippen molar-refractivity contribution >= 4 is 33.7 Å². The van der Waals surface area contributed by atoms with Crippen LogP contribution in [0.2, 0.25) is 0 Å². The monoisotopic (exact) mass is 336 g/mol. The molecule has 128 valence electrons. The van der Waals surface area contributed by atoms with Crippen LogP contribution in [0.3, 0.4) is 0 Å². The predicted octanol–water partition coefficient (Wildman–Crippen LogP) is 2.00. The predicted molar refractivity (Wildman–Crippen MR) is 95.3 cm³/mol. The van der Waals surface area contributed by atoms with Gasteiger partial charge in [0.2, 0.25) is 5.91 Å². The molecule has 2 aliphatic rings. The summed E-state index contributed by atoms with van der Waals surface area (Å²) in [5.74, 6) is 1.14. The Kier molecular flexibility index (Phi) is 3.33. The molecular formula is C18H20N6O. The quantitative estimate of drug-likeness (QED) is 0.764. The number of H-pyrrole nitrogens is 1. The summed E-state index contributed by atoms with van der Waals surface area (Å²) in [6, 6.07) is 2.39. The normalized spacial score (nSPS) is 21.0. The van der Waals surface area contributed by atoms with Crippen LogP contribution in [0.4, 0.5) is 5.82 Å². The maximum atomic E-state index is 12.5. The zero-order chi connectivity index (χ0) is 16.8. The van der Waals surface area contributed by atoms with E-state index in [1.165, 1.54) is 0 Å². The number of aromatic amines is 1. The highest BCUT2D eigenvalue weighted by atomic mass is 16.2. The number of carbonyl (C=O) groups excluding carboxylic acids is 1. The first-order valence-corrected chi connectivity index (χ1v) is 8.92. The van der Waals surface area contributed by atoms with E-state index in [1.54, 1.807) is 18.7 Å². The Morgan fingerprint density at radius 1 is 1.24 bits per heavy atom. The van der Waals surface area contributed by atoms with Crippen molar-refractivity contribution in [3.63, 3.8) is 0 Å². The summed E-state index contributed by atoms with van der Waals surface area (Å²) < 4.78 is 0. The van der Waals surface area contributed by atoms with Gasteiger partial charge in [0.05, 0.1) is 29.3 Å². The van der Waals surface area contributed by atoms with E-state index in [0.29, 0.717) is 12.6 Å². The number of rotatable bonds is 3. The molecule has 1 unspecified atom stereocenters. The molecule has 1 saturated carbocycles. The van der Waals surface area contributed by atoms with Gasteiger partial charge in [-0.25, -0.2) is 15.0 Å². The molecule has 2 fully saturated rings. The second kappa shape index (κ2) is 5.68. The van der Waals surface area contributed by atoms with Crippen molar-refractivity contribution in [3.05, 3.63) is 24.8 Å². The molecule has 1 saturated heterocycles. The van der Waals surface area contributed by atoms with Gasteiger partial charge in [-0.05, 0) is 31.7 Å². The Labute approximate surface area is 144 Å². The van der Waals surface area contributed by atoms with Gasteiger partial charge in [0.25, 0.3) is 0 Å². The number of hydrogen-bond donors (Lipinski definition) is 2. The number of hydrogen-bond acceptors (Lipinski definition) is 5. The minimum absolute atomic E-state index is 0.0329. The van der Waals surface area contributed by atoms with E-state index in [9.17, 15) is 4.79 Å². The summed E-state index contributed by atoms with van der Waals surface area (Å²) in [5.41, 5.74) is 1.67. The van der Waals surface area contributed by atoms with Gasteiger partial charge in [-0.1, -0.05) is 0 Å². The van der Waals surface area contributed by atoms with Crippen molar-refractivity contribution in [1.82, 2.24) is 25.3 Å². The molecule has 2 N–H and O–H groups in total. The smallest absolute Gasteiger partial charge is 0.225 e. The molecule has 0 bridgehead atoms. The molecule has 3 aromatic heterocycles. The molecule has 1 amide bonds. The molecule has 5 rings (SSSR count). The summed E-state index contributed by atoms with van der Waals surface area (Å²) in [6.45, 7) is 1.62. The molecule has 7 heteroatoms. The van der Waals surface area contributed by atoms with Crippen LogP contribution in [-0.2, 0) is 4.79 Å². The number of aromatic nitrogens is 4. The lowest BCUT2D eigenvalue weighted by Gasteiger charge is -2.33. The number of anilines is 1. The Bertz CT molecular complexity index is 947. The van der Waals surface area contributed by atoms with E-state index in [1.807, 2.05) is 6.07 Å². The molecule has 1 aliphatic carbocycles. The first kappa shape index (κ1) is 14.6. The van der Waals surface area contributed by atoms with E-state index in [-0.39, 0.29) is 11.8 Å². The third-order valence-electron chi connectivity index (χ3n) is 5.18. The average molecular weight is 336 g/mol. The number of piperidine rings is 1. The minimum Gasteiger partial charge on any atom is -0.355 e. The van der Waals surface area contributed by atoms with Crippen LogP contribution >= 0.6 is 0 Å². The Morgan fingerprint density at radius 2 is 2.16 bits per heavy atom. The highest BCUT2D eigenvalue weighted by Gasteiger charge is 2.31. The molecular weight excluding hydrogens is 316 g/mol. The third-order valence-corrected chi connectivity index (χ3v) is 5.18. The molecule has 4 heterocycles. The maximum absolute atomic E-state index is 12.5. The number of amides is 1. The fourth-order valence-corrected chi connectivity index (χ4v) is 3.71. The zero-order valence-corrected chi connectivity index (χ0v) is 13.9. The Morgan fingerprint density at radius 3 is 3.04 bits per heavy atom. The molecule has 0 aromatic carbocycles. The van der Waals surface area contributed by atoms with Gasteiger partial charge in [-0.3, -0.25) is 4.79 Å². The van der Waals surface area contributed by atoms with Crippen LogP contribution < -0.4 is 10.2 Å². The highest BCUT2D eigenvalue weighted by Crippen LogP contribution is 2.32. The van der Waals surface area contributed by atoms with E-state index >= 15 is 0 Å². The second-order valence-electron chi connectivity index (χ2n) is 7.02. The molecule has 7 nitrogen and oxygen atoms in total. The summed E-state index contributed by atoms with van der Waals surface area (Å²) >= 11 is 0. The van der Waals surface area contributed by atoms with Crippen LogP contribution in [0.25, 0.3) is 21.9 Å². The van der Waals surface area contributed by atoms with Crippen molar-refractivity contribution in [3.8, 4) is 0 Å². The number of fused-ring (bicyclic) bond motifs is 3. The first-order valence-electron chi connectivity index (χ1n) is 8.92. The average Bonchev–Trinajstić information content (AvgIpc) is 3.33. The number of nitrogens with one attached hydrogen (secondary N) is 2. The largest absolute Gasteiger partial charge is 0.355 e. The van der Waals surface area contributed by atoms with Gasteiger partial charge < -0.3 is 15.2 Å². The van der Waals surface area contributed by atoms with Crippen molar-refractivity contribution in [1.29, 1.82) is 0 Å². The van der Waals surface area contributed by atoms with E-state index < -0.39 is 0 Å². The minimum atomic E-state index is 0.0329. The molecule has 0 spiro atoms. The fourth-order valence-electron chi connectivity index (χ4n) is 3.71. The van der Waals surface area contributed by atoms with Crippen LogP contribution in [-0.4, -0.2) is 45.0 Å². The second-order valence-corrected chi connectivity index (χ2v) is 7.02. The van der Waals surface area contributed by atoms with Gasteiger partial charge in [0.1, 0.15) is 5.82 Å². The van der Waals surface area contributed by atoms with Gasteiger partial charge in [-0.2, -0.15) is 0 Å². The summed E-state index contributed by atoms with van der Waals surface area (Å²) in [4.78, 5) is 31.2. The van der Waals surface area contributed by atoms with Crippen LogP contribution in [0, 0.1) is 5.92 Å². The van der Waals surface area contributed by atoms with Crippen molar-refractivity contribution in [2.45, 2.75) is 31.7 Å². The Hall–Kier alpha value is -2.70. The topological polar surface area (TPSA) is 86.8 Å². The van der Waals surface area contributed by atoms with Gasteiger partial charge in [-0.15, -0.1) is 0 Å². The van der Waals surface area contributed by atoms with Crippen molar-refractivity contribution < 1.29 is 4.79 Å². The van der Waals surface area contributed by atoms with Gasteiger partial charge in [0.15, 0.2) is 5.65 Å². The molecule has 1 atom stereocenters. The summed E-state index contributed by atoms with van der Waals surface area (Å²) in [7, 11) is 0. The van der Waals surface area contributed by atoms with Crippen molar-refractivity contribution in [2.75, 3.05) is 18.0 Å². The number of nitrogens with zero attached hydrogens (tertiary/aromatic N) is 4. The van der Waals surface area contributed by atoms with E-state index in [2.05, 4.69) is 30.2 Å². The van der Waals surface area contributed by atoms with E-state index in [4.69, 9.17) is 0 Å². The van der Waals surface area contributed by atoms with Crippen LogP contribution in [0.1, 0.15) is 25.7 Å². The molecule has 3 aromatic rings. The van der Waals surface area contributed by atoms with E-state index in [0.717, 1.165) is 60.0 Å². The van der Waals surface area contributed by atoms with Crippen LogP contribution in [0.5, 0.6) is 0 Å². The third kappa shape index (κ3) is 2.59. The van der Waals surface area contributed by atoms with Gasteiger partial charge in [0, 0.05) is 30.7 Å². The zero-order valence-electron chi connectivity index (χ0n) is 13.9. The standard InChI is InChI=1S/C18H20N6O/c25-18(23-12-3-4-12)11-2-1-7-24(9-11)17-15-13-5-6-19-16(13)20-8-14(15)21-10-22-17/h5-6,8,10-12H,1-4,7,9H2,(H,21,22)(H,23,25).